The summed E-state index contributed by atoms with van der Waals surface area (Å²) in [6.07, 6.45) is 0. The zero-order valence-electron chi connectivity index (χ0n) is 10.8. The smallest absolute Gasteiger partial charge is 0.328 e. The van der Waals surface area contributed by atoms with Crippen LogP contribution < -0.4 is 14.8 Å². The van der Waals surface area contributed by atoms with E-state index in [0.717, 1.165) is 0 Å². The SMILES string of the molecule is COc1cc(C(=O)NC(CF)C(=O)O)cc(OC)c1Br. The van der Waals surface area contributed by atoms with Crippen LogP contribution in [0.25, 0.3) is 0 Å². The van der Waals surface area contributed by atoms with Crippen molar-refractivity contribution in [2.45, 2.75) is 6.04 Å². The third kappa shape index (κ3) is 3.60. The van der Waals surface area contributed by atoms with E-state index in [0.29, 0.717) is 16.0 Å². The number of amides is 1. The van der Waals surface area contributed by atoms with Crippen molar-refractivity contribution in [1.29, 1.82) is 0 Å². The number of carboxylic acid groups (broad SMARTS) is 1. The first kappa shape index (κ1) is 16.2. The summed E-state index contributed by atoms with van der Waals surface area (Å²) in [7, 11) is 2.81. The fraction of sp³-hybridized carbons (Fsp3) is 0.333. The van der Waals surface area contributed by atoms with Gasteiger partial charge in [-0.3, -0.25) is 4.79 Å². The zero-order valence-corrected chi connectivity index (χ0v) is 12.4. The van der Waals surface area contributed by atoms with Gasteiger partial charge in [0.1, 0.15) is 22.6 Å². The number of benzene rings is 1. The Morgan fingerprint density at radius 1 is 1.35 bits per heavy atom. The standard InChI is InChI=1S/C12H13BrFNO5/c1-19-8-3-6(4-9(20-2)10(8)13)11(16)15-7(5-14)12(17)18/h3-4,7H,5H2,1-2H3,(H,15,16)(H,17,18). The van der Waals surface area contributed by atoms with Gasteiger partial charge in [-0.15, -0.1) is 0 Å². The van der Waals surface area contributed by atoms with Gasteiger partial charge in [0.15, 0.2) is 6.04 Å². The van der Waals surface area contributed by atoms with Gasteiger partial charge in [0.05, 0.1) is 14.2 Å². The second kappa shape index (κ2) is 7.09. The number of carboxylic acids is 1. The molecular weight excluding hydrogens is 337 g/mol. The molecule has 2 N–H and O–H groups in total. The Hall–Kier alpha value is -1.83. The van der Waals surface area contributed by atoms with E-state index in [2.05, 4.69) is 21.2 Å². The fourth-order valence-corrected chi connectivity index (χ4v) is 1.96. The predicted molar refractivity (Wildman–Crippen MR) is 72.1 cm³/mol. The fourth-order valence-electron chi connectivity index (χ4n) is 1.41. The third-order valence-corrected chi connectivity index (χ3v) is 3.25. The summed E-state index contributed by atoms with van der Waals surface area (Å²) in [5.41, 5.74) is 0.0987. The molecule has 0 aliphatic heterocycles. The van der Waals surface area contributed by atoms with Gasteiger partial charge in [-0.05, 0) is 28.1 Å². The minimum absolute atomic E-state index is 0.0987. The summed E-state index contributed by atoms with van der Waals surface area (Å²) in [6, 6.07) is 1.18. The minimum Gasteiger partial charge on any atom is -0.495 e. The summed E-state index contributed by atoms with van der Waals surface area (Å²) >= 11 is 3.24. The number of methoxy groups -OCH3 is 2. The normalized spacial score (nSPS) is 11.6. The number of rotatable bonds is 6. The van der Waals surface area contributed by atoms with Gasteiger partial charge in [-0.2, -0.15) is 0 Å². The molecule has 110 valence electrons. The van der Waals surface area contributed by atoms with Gasteiger partial charge in [0.2, 0.25) is 0 Å². The lowest BCUT2D eigenvalue weighted by molar-refractivity contribution is -0.139. The molecule has 0 saturated heterocycles. The van der Waals surface area contributed by atoms with E-state index >= 15 is 0 Å². The maximum Gasteiger partial charge on any atom is 0.328 e. The summed E-state index contributed by atoms with van der Waals surface area (Å²) in [4.78, 5) is 22.6. The second-order valence-corrected chi connectivity index (χ2v) is 4.51. The van der Waals surface area contributed by atoms with Crippen molar-refractivity contribution in [1.82, 2.24) is 5.32 Å². The number of hydrogen-bond acceptors (Lipinski definition) is 4. The van der Waals surface area contributed by atoms with Crippen LogP contribution in [0.1, 0.15) is 10.4 Å². The third-order valence-electron chi connectivity index (χ3n) is 2.47. The topological polar surface area (TPSA) is 84.9 Å². The Labute approximate surface area is 123 Å². The maximum atomic E-state index is 12.5. The quantitative estimate of drug-likeness (QED) is 0.815. The Balaban J connectivity index is 3.07. The molecule has 20 heavy (non-hydrogen) atoms. The van der Waals surface area contributed by atoms with E-state index in [1.807, 2.05) is 0 Å². The van der Waals surface area contributed by atoms with Crippen molar-refractivity contribution >= 4 is 27.8 Å². The Kier molecular flexibility index (Phi) is 5.75. The summed E-state index contributed by atoms with van der Waals surface area (Å²) in [5, 5.41) is 10.8. The highest BCUT2D eigenvalue weighted by Crippen LogP contribution is 2.35. The highest BCUT2D eigenvalue weighted by atomic mass is 79.9. The lowest BCUT2D eigenvalue weighted by Gasteiger charge is -2.14. The number of ether oxygens (including phenoxy) is 2. The van der Waals surface area contributed by atoms with Crippen molar-refractivity contribution < 1.29 is 28.6 Å². The van der Waals surface area contributed by atoms with Crippen LogP contribution in [0.4, 0.5) is 4.39 Å². The number of hydrogen-bond donors (Lipinski definition) is 2. The number of halogens is 2. The van der Waals surface area contributed by atoms with Crippen LogP contribution in [0, 0.1) is 0 Å². The van der Waals surface area contributed by atoms with Gasteiger partial charge < -0.3 is 19.9 Å². The molecule has 0 aliphatic carbocycles. The number of carbonyl (C=O) groups is 2. The van der Waals surface area contributed by atoms with Crippen molar-refractivity contribution in [2.75, 3.05) is 20.9 Å². The molecule has 1 aromatic rings. The molecule has 1 unspecified atom stereocenters. The molecule has 0 spiro atoms. The minimum atomic E-state index is -1.59. The first-order valence-electron chi connectivity index (χ1n) is 5.45. The largest absolute Gasteiger partial charge is 0.495 e. The van der Waals surface area contributed by atoms with Crippen molar-refractivity contribution in [3.8, 4) is 11.5 Å². The molecule has 6 nitrogen and oxygen atoms in total. The number of aliphatic carboxylic acids is 1. The van der Waals surface area contributed by atoms with E-state index in [1.165, 1.54) is 26.4 Å². The molecule has 1 atom stereocenters. The molecule has 0 saturated carbocycles. The molecule has 0 fully saturated rings. The first-order valence-corrected chi connectivity index (χ1v) is 6.25. The molecule has 1 aromatic carbocycles. The molecule has 0 aromatic heterocycles. The van der Waals surface area contributed by atoms with Crippen LogP contribution in [0.15, 0.2) is 16.6 Å². The number of carbonyl (C=O) groups excluding carboxylic acids is 1. The van der Waals surface area contributed by atoms with Gasteiger partial charge >= 0.3 is 5.97 Å². The van der Waals surface area contributed by atoms with Crippen molar-refractivity contribution in [3.05, 3.63) is 22.2 Å². The second-order valence-electron chi connectivity index (χ2n) is 3.71. The molecule has 0 heterocycles. The van der Waals surface area contributed by atoms with E-state index in [-0.39, 0.29) is 5.56 Å². The predicted octanol–water partition coefficient (Wildman–Crippen LogP) is 1.62. The van der Waals surface area contributed by atoms with Crippen LogP contribution in [0.5, 0.6) is 11.5 Å². The van der Waals surface area contributed by atoms with Crippen molar-refractivity contribution in [2.24, 2.45) is 0 Å². The van der Waals surface area contributed by atoms with Crippen LogP contribution in [-0.2, 0) is 4.79 Å². The number of nitrogens with one attached hydrogen (secondary N) is 1. The monoisotopic (exact) mass is 349 g/mol. The average Bonchev–Trinajstić information content (AvgIpc) is 2.44. The highest BCUT2D eigenvalue weighted by molar-refractivity contribution is 9.10. The lowest BCUT2D eigenvalue weighted by Crippen LogP contribution is -2.42. The van der Waals surface area contributed by atoms with Gasteiger partial charge in [0.25, 0.3) is 5.91 Å². The van der Waals surface area contributed by atoms with Crippen LogP contribution in [0.2, 0.25) is 0 Å². The molecule has 0 aliphatic rings. The van der Waals surface area contributed by atoms with Crippen LogP contribution in [-0.4, -0.2) is 43.9 Å². The van der Waals surface area contributed by atoms with E-state index in [1.54, 1.807) is 0 Å². The Bertz CT molecular complexity index is 498. The summed E-state index contributed by atoms with van der Waals surface area (Å²) < 4.78 is 23.1. The molecule has 0 radical (unpaired) electrons. The van der Waals surface area contributed by atoms with E-state index < -0.39 is 24.6 Å². The van der Waals surface area contributed by atoms with E-state index in [4.69, 9.17) is 14.6 Å². The Morgan fingerprint density at radius 2 is 1.85 bits per heavy atom. The Morgan fingerprint density at radius 3 is 2.20 bits per heavy atom. The maximum absolute atomic E-state index is 12.5. The summed E-state index contributed by atoms with van der Waals surface area (Å²) in [5.74, 6) is -1.51. The lowest BCUT2D eigenvalue weighted by atomic mass is 10.1. The molecule has 1 amide bonds. The first-order chi connectivity index (χ1) is 9.44. The molecule has 1 rings (SSSR count). The highest BCUT2D eigenvalue weighted by Gasteiger charge is 2.22. The molecule has 8 heteroatoms. The van der Waals surface area contributed by atoms with E-state index in [9.17, 15) is 14.0 Å². The number of alkyl halides is 1. The average molecular weight is 350 g/mol. The van der Waals surface area contributed by atoms with Gasteiger partial charge in [0, 0.05) is 5.56 Å². The van der Waals surface area contributed by atoms with Crippen LogP contribution in [0.3, 0.4) is 0 Å². The van der Waals surface area contributed by atoms with Crippen molar-refractivity contribution in [3.63, 3.8) is 0 Å². The van der Waals surface area contributed by atoms with Gasteiger partial charge in [-0.1, -0.05) is 0 Å². The van der Waals surface area contributed by atoms with Crippen LogP contribution >= 0.6 is 15.9 Å². The molecular formula is C12H13BrFNO5. The zero-order chi connectivity index (χ0) is 15.3. The molecule has 0 bridgehead atoms. The van der Waals surface area contributed by atoms with Gasteiger partial charge in [-0.25, -0.2) is 9.18 Å². The summed E-state index contributed by atoms with van der Waals surface area (Å²) in [6.45, 7) is -1.20.